The van der Waals surface area contributed by atoms with Crippen LogP contribution in [-0.4, -0.2) is 47.4 Å². The summed E-state index contributed by atoms with van der Waals surface area (Å²) in [6.07, 6.45) is -0.454. The third-order valence-electron chi connectivity index (χ3n) is 7.36. The van der Waals surface area contributed by atoms with Crippen molar-refractivity contribution in [2.24, 2.45) is 11.8 Å². The Hall–Kier alpha value is -3.43. The van der Waals surface area contributed by atoms with Crippen molar-refractivity contribution in [3.63, 3.8) is 0 Å². The smallest absolute Gasteiger partial charge is 0.433 e. The molecule has 1 aromatic heterocycles. The van der Waals surface area contributed by atoms with Gasteiger partial charge in [-0.05, 0) is 74.8 Å². The molecule has 0 radical (unpaired) electrons. The molecule has 10 heteroatoms. The van der Waals surface area contributed by atoms with Crippen LogP contribution in [-0.2, 0) is 20.5 Å². The molecule has 2 aromatic rings. The summed E-state index contributed by atoms with van der Waals surface area (Å²) < 4.78 is 44.0. The Morgan fingerprint density at radius 2 is 1.68 bits per heavy atom. The van der Waals surface area contributed by atoms with E-state index in [9.17, 15) is 27.6 Å². The van der Waals surface area contributed by atoms with Crippen LogP contribution in [0.2, 0.25) is 0 Å². The van der Waals surface area contributed by atoms with Crippen LogP contribution in [0.3, 0.4) is 0 Å². The topological polar surface area (TPSA) is 88.6 Å². The van der Waals surface area contributed by atoms with E-state index in [0.29, 0.717) is 44.6 Å². The van der Waals surface area contributed by atoms with Gasteiger partial charge in [-0.25, -0.2) is 4.98 Å². The van der Waals surface area contributed by atoms with Crippen molar-refractivity contribution in [1.82, 2.24) is 9.88 Å². The molecule has 2 amide bonds. The maximum absolute atomic E-state index is 12.9. The van der Waals surface area contributed by atoms with Gasteiger partial charge in [-0.15, -0.1) is 0 Å². The number of esters is 1. The van der Waals surface area contributed by atoms with E-state index in [1.54, 1.807) is 11.8 Å². The number of benzene rings is 1. The Morgan fingerprint density at radius 3 is 2.34 bits per heavy atom. The molecule has 4 rings (SSSR count). The molecular formula is C28H32F3N3O4. The van der Waals surface area contributed by atoms with Crippen molar-refractivity contribution in [3.05, 3.63) is 59.4 Å². The lowest BCUT2D eigenvalue weighted by Crippen LogP contribution is -2.38. The first-order valence-electron chi connectivity index (χ1n) is 13.1. The zero-order valence-corrected chi connectivity index (χ0v) is 21.3. The van der Waals surface area contributed by atoms with Gasteiger partial charge in [-0.2, -0.15) is 13.2 Å². The zero-order chi connectivity index (χ0) is 27.3. The summed E-state index contributed by atoms with van der Waals surface area (Å²) in [5, 5.41) is 2.96. The molecule has 1 aliphatic carbocycles. The lowest BCUT2D eigenvalue weighted by atomic mass is 9.81. The summed E-state index contributed by atoms with van der Waals surface area (Å²) >= 11 is 0. The fourth-order valence-electron chi connectivity index (χ4n) is 5.27. The Morgan fingerprint density at radius 1 is 1.00 bits per heavy atom. The highest BCUT2D eigenvalue weighted by atomic mass is 19.4. The second-order valence-corrected chi connectivity index (χ2v) is 9.90. The first-order valence-corrected chi connectivity index (χ1v) is 13.1. The van der Waals surface area contributed by atoms with Gasteiger partial charge in [0.25, 0.3) is 5.91 Å². The maximum atomic E-state index is 12.9. The fourth-order valence-corrected chi connectivity index (χ4v) is 5.27. The monoisotopic (exact) mass is 531 g/mol. The van der Waals surface area contributed by atoms with Crippen LogP contribution in [0.1, 0.15) is 73.1 Å². The Labute approximate surface area is 219 Å². The normalized spacial score (nSPS) is 20.6. The van der Waals surface area contributed by atoms with E-state index in [2.05, 4.69) is 10.3 Å². The summed E-state index contributed by atoms with van der Waals surface area (Å²) in [5.74, 6) is -1.09. The van der Waals surface area contributed by atoms with Gasteiger partial charge in [0.2, 0.25) is 5.91 Å². The average molecular weight is 532 g/mol. The van der Waals surface area contributed by atoms with Crippen LogP contribution >= 0.6 is 0 Å². The number of nitrogens with one attached hydrogen (secondary N) is 1. The summed E-state index contributed by atoms with van der Waals surface area (Å²) in [5.41, 5.74) is 0.477. The molecule has 38 heavy (non-hydrogen) atoms. The summed E-state index contributed by atoms with van der Waals surface area (Å²) in [7, 11) is 0. The number of ether oxygens (including phenoxy) is 1. The van der Waals surface area contributed by atoms with Crippen molar-refractivity contribution < 1.29 is 32.3 Å². The molecule has 2 atom stereocenters. The van der Waals surface area contributed by atoms with Crippen LogP contribution in [0.4, 0.5) is 18.9 Å². The van der Waals surface area contributed by atoms with Crippen LogP contribution in [0, 0.1) is 11.8 Å². The second-order valence-electron chi connectivity index (χ2n) is 9.90. The largest absolute Gasteiger partial charge is 0.466 e. The van der Waals surface area contributed by atoms with Crippen molar-refractivity contribution >= 4 is 23.5 Å². The van der Waals surface area contributed by atoms with E-state index in [4.69, 9.17) is 4.74 Å². The van der Waals surface area contributed by atoms with E-state index >= 15 is 0 Å². The number of rotatable bonds is 6. The van der Waals surface area contributed by atoms with E-state index in [1.807, 2.05) is 24.3 Å². The molecule has 2 heterocycles. The lowest BCUT2D eigenvalue weighted by molar-refractivity contribution is -0.150. The number of hydrogen-bond donors (Lipinski definition) is 1. The third kappa shape index (κ3) is 6.71. The SMILES string of the molecule is CCOC(=O)[C@H]1CCC[C@H](C(=O)Nc2ccc(C3CCN(C(=O)c4cccc(C(F)(F)F)n4)CC3)cc2)C1. The van der Waals surface area contributed by atoms with E-state index in [0.717, 1.165) is 30.9 Å². The van der Waals surface area contributed by atoms with Crippen molar-refractivity contribution in [2.45, 2.75) is 57.5 Å². The van der Waals surface area contributed by atoms with Gasteiger partial charge in [0.05, 0.1) is 12.5 Å². The first-order chi connectivity index (χ1) is 18.2. The van der Waals surface area contributed by atoms with Gasteiger partial charge >= 0.3 is 12.1 Å². The minimum Gasteiger partial charge on any atom is -0.466 e. The van der Waals surface area contributed by atoms with Gasteiger partial charge < -0.3 is 15.0 Å². The molecular weight excluding hydrogens is 499 g/mol. The average Bonchev–Trinajstić information content (AvgIpc) is 2.93. The molecule has 1 N–H and O–H groups in total. The third-order valence-corrected chi connectivity index (χ3v) is 7.36. The number of hydrogen-bond acceptors (Lipinski definition) is 5. The molecule has 0 bridgehead atoms. The number of anilines is 1. The number of aromatic nitrogens is 1. The number of alkyl halides is 3. The van der Waals surface area contributed by atoms with E-state index < -0.39 is 17.8 Å². The molecule has 1 aromatic carbocycles. The van der Waals surface area contributed by atoms with Gasteiger partial charge in [-0.3, -0.25) is 14.4 Å². The van der Waals surface area contributed by atoms with Crippen LogP contribution < -0.4 is 5.32 Å². The molecule has 1 saturated heterocycles. The van der Waals surface area contributed by atoms with Gasteiger partial charge in [-0.1, -0.05) is 24.6 Å². The number of likely N-dealkylation sites (tertiary alicyclic amines) is 1. The second kappa shape index (κ2) is 12.0. The number of carbonyl (C=O) groups excluding carboxylic acids is 3. The number of pyridine rings is 1. The predicted molar refractivity (Wildman–Crippen MR) is 134 cm³/mol. The minimum atomic E-state index is -4.60. The molecule has 1 saturated carbocycles. The van der Waals surface area contributed by atoms with Gasteiger partial charge in [0, 0.05) is 24.7 Å². The molecule has 2 aliphatic rings. The highest BCUT2D eigenvalue weighted by Gasteiger charge is 2.34. The zero-order valence-electron chi connectivity index (χ0n) is 21.3. The molecule has 7 nitrogen and oxygen atoms in total. The summed E-state index contributed by atoms with van der Waals surface area (Å²) in [6.45, 7) is 2.95. The predicted octanol–water partition coefficient (Wildman–Crippen LogP) is 5.43. The van der Waals surface area contributed by atoms with Crippen molar-refractivity contribution in [3.8, 4) is 0 Å². The minimum absolute atomic E-state index is 0.0956. The quantitative estimate of drug-likeness (QED) is 0.503. The van der Waals surface area contributed by atoms with Gasteiger partial charge in [0.15, 0.2) is 0 Å². The van der Waals surface area contributed by atoms with Crippen molar-refractivity contribution in [2.75, 3.05) is 25.0 Å². The number of amides is 2. The molecule has 0 spiro atoms. The van der Waals surface area contributed by atoms with Crippen LogP contribution in [0.25, 0.3) is 0 Å². The Balaban J connectivity index is 1.29. The van der Waals surface area contributed by atoms with Crippen LogP contribution in [0.15, 0.2) is 42.5 Å². The molecule has 0 unspecified atom stereocenters. The Bertz CT molecular complexity index is 1140. The first kappa shape index (κ1) is 27.6. The van der Waals surface area contributed by atoms with Crippen molar-refractivity contribution in [1.29, 1.82) is 0 Å². The lowest BCUT2D eigenvalue weighted by Gasteiger charge is -2.32. The Kier molecular flexibility index (Phi) is 8.69. The highest BCUT2D eigenvalue weighted by molar-refractivity contribution is 5.93. The molecule has 2 fully saturated rings. The maximum Gasteiger partial charge on any atom is 0.433 e. The summed E-state index contributed by atoms with van der Waals surface area (Å²) in [6, 6.07) is 11.0. The summed E-state index contributed by atoms with van der Waals surface area (Å²) in [4.78, 5) is 42.7. The fraction of sp³-hybridized carbons (Fsp3) is 0.500. The molecule has 204 valence electrons. The highest BCUT2D eigenvalue weighted by Crippen LogP contribution is 2.33. The number of nitrogens with zero attached hydrogens (tertiary/aromatic N) is 2. The standard InChI is InChI=1S/C28H32F3N3O4/c1-2-38-27(37)21-6-3-5-20(17-21)25(35)32-22-11-9-18(10-12-22)19-13-15-34(16-14-19)26(36)23-7-4-8-24(33-23)28(29,30)31/h4,7-12,19-21H,2-3,5-6,13-17H2,1H3,(H,32,35)/t20-,21-/m0/s1. The van der Waals surface area contributed by atoms with Gasteiger partial charge in [0.1, 0.15) is 11.4 Å². The number of piperidine rings is 1. The van der Waals surface area contributed by atoms with E-state index in [-0.39, 0.29) is 35.3 Å². The molecule has 1 aliphatic heterocycles. The van der Waals surface area contributed by atoms with Crippen LogP contribution in [0.5, 0.6) is 0 Å². The van der Waals surface area contributed by atoms with E-state index in [1.165, 1.54) is 12.1 Å². The number of halogens is 3. The number of carbonyl (C=O) groups is 3.